The number of benzene rings is 2. The van der Waals surface area contributed by atoms with Gasteiger partial charge in [0.25, 0.3) is 0 Å². The van der Waals surface area contributed by atoms with E-state index in [-0.39, 0.29) is 0 Å². The fourth-order valence-electron chi connectivity index (χ4n) is 3.41. The lowest BCUT2D eigenvalue weighted by Gasteiger charge is -2.17. The number of fused-ring (bicyclic) bond motifs is 1. The first-order chi connectivity index (χ1) is 15.0. The summed E-state index contributed by atoms with van der Waals surface area (Å²) in [5, 5.41) is 9.39. The van der Waals surface area contributed by atoms with E-state index in [1.165, 1.54) is 5.56 Å². The van der Waals surface area contributed by atoms with Crippen LogP contribution in [0.15, 0.2) is 65.3 Å². The van der Waals surface area contributed by atoms with Crippen molar-refractivity contribution in [3.05, 3.63) is 80.9 Å². The summed E-state index contributed by atoms with van der Waals surface area (Å²) in [6, 6.07) is 17.7. The van der Waals surface area contributed by atoms with Gasteiger partial charge in [-0.25, -0.2) is 4.98 Å². The summed E-state index contributed by atoms with van der Waals surface area (Å²) in [5.41, 5.74) is 3.70. The third-order valence-electron chi connectivity index (χ3n) is 4.97. The van der Waals surface area contributed by atoms with Crippen LogP contribution in [0.25, 0.3) is 16.9 Å². The minimum atomic E-state index is 0.671. The highest BCUT2D eigenvalue weighted by atomic mass is 79.9. The first-order valence-corrected chi connectivity index (χ1v) is 11.5. The lowest BCUT2D eigenvalue weighted by atomic mass is 10.1. The number of nitrogens with one attached hydrogen (secondary N) is 1. The number of hydrogen-bond acceptors (Lipinski definition) is 4. The van der Waals surface area contributed by atoms with Gasteiger partial charge in [-0.15, -0.1) is 0 Å². The first kappa shape index (κ1) is 22.1. The standard InChI is InChI=1S/C23H22BrCl2N5/c1-30(15-16-7-9-17(25)10-8-16)12-4-11-27-22-13-21(18-5-2-3-6-20(18)26)29-23-19(24)14-28-31(22)23/h2-3,5-10,13-14,27H,4,11-12,15H2,1H3. The lowest BCUT2D eigenvalue weighted by Crippen LogP contribution is -2.21. The molecule has 0 aliphatic rings. The van der Waals surface area contributed by atoms with Gasteiger partial charge in [-0.2, -0.15) is 9.61 Å². The van der Waals surface area contributed by atoms with Crippen molar-refractivity contribution in [2.45, 2.75) is 13.0 Å². The van der Waals surface area contributed by atoms with E-state index >= 15 is 0 Å². The molecular formula is C23H22BrCl2N5. The molecule has 0 aliphatic carbocycles. The quantitative estimate of drug-likeness (QED) is 0.274. The van der Waals surface area contributed by atoms with Gasteiger partial charge >= 0.3 is 0 Å². The van der Waals surface area contributed by atoms with E-state index in [4.69, 9.17) is 28.2 Å². The smallest absolute Gasteiger partial charge is 0.172 e. The summed E-state index contributed by atoms with van der Waals surface area (Å²) < 4.78 is 2.65. The molecular weight excluding hydrogens is 497 g/mol. The Morgan fingerprint density at radius 1 is 1.10 bits per heavy atom. The SMILES string of the molecule is CN(CCCNc1cc(-c2ccccc2Cl)nc2c(Br)cnn12)Cc1ccc(Cl)cc1. The zero-order valence-electron chi connectivity index (χ0n) is 17.0. The second-order valence-electron chi connectivity index (χ2n) is 7.38. The minimum Gasteiger partial charge on any atom is -0.370 e. The van der Waals surface area contributed by atoms with Crippen molar-refractivity contribution in [1.82, 2.24) is 19.5 Å². The van der Waals surface area contributed by atoms with Crippen molar-refractivity contribution in [2.24, 2.45) is 0 Å². The van der Waals surface area contributed by atoms with Gasteiger partial charge in [0.1, 0.15) is 5.82 Å². The van der Waals surface area contributed by atoms with E-state index in [0.717, 1.165) is 58.3 Å². The van der Waals surface area contributed by atoms with Gasteiger partial charge < -0.3 is 10.2 Å². The molecule has 4 aromatic rings. The summed E-state index contributed by atoms with van der Waals surface area (Å²) in [6.45, 7) is 2.66. The first-order valence-electron chi connectivity index (χ1n) is 9.97. The van der Waals surface area contributed by atoms with Crippen molar-refractivity contribution in [3.63, 3.8) is 0 Å². The maximum atomic E-state index is 6.41. The van der Waals surface area contributed by atoms with Gasteiger partial charge in [-0.3, -0.25) is 0 Å². The zero-order chi connectivity index (χ0) is 21.8. The van der Waals surface area contributed by atoms with Gasteiger partial charge in [-0.1, -0.05) is 53.5 Å². The monoisotopic (exact) mass is 517 g/mol. The van der Waals surface area contributed by atoms with E-state index < -0.39 is 0 Å². The molecule has 0 amide bonds. The lowest BCUT2D eigenvalue weighted by molar-refractivity contribution is 0.325. The predicted molar refractivity (Wildman–Crippen MR) is 132 cm³/mol. The maximum absolute atomic E-state index is 6.41. The number of nitrogens with zero attached hydrogens (tertiary/aromatic N) is 4. The highest BCUT2D eigenvalue weighted by Crippen LogP contribution is 2.30. The van der Waals surface area contributed by atoms with Gasteiger partial charge in [0.15, 0.2) is 5.65 Å². The Morgan fingerprint density at radius 2 is 1.87 bits per heavy atom. The van der Waals surface area contributed by atoms with Gasteiger partial charge in [0.05, 0.1) is 16.4 Å². The van der Waals surface area contributed by atoms with Crippen molar-refractivity contribution in [3.8, 4) is 11.3 Å². The number of aromatic nitrogens is 3. The Hall–Kier alpha value is -2.12. The van der Waals surface area contributed by atoms with Gasteiger partial charge in [-0.05, 0) is 59.7 Å². The minimum absolute atomic E-state index is 0.671. The Balaban J connectivity index is 1.43. The topological polar surface area (TPSA) is 45.5 Å². The zero-order valence-corrected chi connectivity index (χ0v) is 20.1. The van der Waals surface area contributed by atoms with Crippen LogP contribution in [0.3, 0.4) is 0 Å². The van der Waals surface area contributed by atoms with E-state index in [9.17, 15) is 0 Å². The number of rotatable bonds is 8. The third-order valence-corrected chi connectivity index (χ3v) is 6.11. The van der Waals surface area contributed by atoms with Crippen LogP contribution in [0.5, 0.6) is 0 Å². The van der Waals surface area contributed by atoms with Crippen molar-refractivity contribution in [1.29, 1.82) is 0 Å². The Bertz CT molecular complexity index is 1180. The average molecular weight is 519 g/mol. The number of hydrogen-bond donors (Lipinski definition) is 1. The number of anilines is 1. The summed E-state index contributed by atoms with van der Waals surface area (Å²) in [7, 11) is 2.12. The fourth-order valence-corrected chi connectivity index (χ4v) is 4.12. The van der Waals surface area contributed by atoms with Gasteiger partial charge in [0, 0.05) is 34.8 Å². The van der Waals surface area contributed by atoms with Crippen LogP contribution < -0.4 is 5.32 Å². The second-order valence-corrected chi connectivity index (χ2v) is 9.08. The predicted octanol–water partition coefficient (Wildman–Crippen LogP) is 6.40. The van der Waals surface area contributed by atoms with E-state index in [2.05, 4.69) is 50.4 Å². The Kier molecular flexibility index (Phi) is 7.13. The molecule has 2 aromatic carbocycles. The Morgan fingerprint density at radius 3 is 2.65 bits per heavy atom. The molecule has 4 rings (SSSR count). The largest absolute Gasteiger partial charge is 0.370 e. The summed E-state index contributed by atoms with van der Waals surface area (Å²) in [6.07, 6.45) is 2.74. The molecule has 0 bridgehead atoms. The molecule has 2 heterocycles. The molecule has 0 spiro atoms. The molecule has 1 N–H and O–H groups in total. The maximum Gasteiger partial charge on any atom is 0.172 e. The van der Waals surface area contributed by atoms with Crippen LogP contribution in [0.1, 0.15) is 12.0 Å². The molecule has 0 saturated heterocycles. The van der Waals surface area contributed by atoms with E-state index in [1.807, 2.05) is 47.0 Å². The second kappa shape index (κ2) is 10.0. The molecule has 31 heavy (non-hydrogen) atoms. The molecule has 0 radical (unpaired) electrons. The summed E-state index contributed by atoms with van der Waals surface area (Å²) in [4.78, 5) is 7.05. The van der Waals surface area contributed by atoms with E-state index in [1.54, 1.807) is 6.20 Å². The normalized spacial score (nSPS) is 11.4. The van der Waals surface area contributed by atoms with Crippen LogP contribution in [-0.4, -0.2) is 39.6 Å². The molecule has 0 aliphatic heterocycles. The Labute approximate surface area is 200 Å². The fraction of sp³-hybridized carbons (Fsp3) is 0.217. The van der Waals surface area contributed by atoms with Gasteiger partial charge in [0.2, 0.25) is 0 Å². The van der Waals surface area contributed by atoms with Crippen LogP contribution in [0, 0.1) is 0 Å². The third kappa shape index (κ3) is 5.39. The van der Waals surface area contributed by atoms with Crippen molar-refractivity contribution < 1.29 is 0 Å². The summed E-state index contributed by atoms with van der Waals surface area (Å²) >= 11 is 15.9. The van der Waals surface area contributed by atoms with Crippen LogP contribution in [-0.2, 0) is 6.54 Å². The molecule has 160 valence electrons. The molecule has 0 saturated carbocycles. The molecule has 2 aromatic heterocycles. The molecule has 5 nitrogen and oxygen atoms in total. The van der Waals surface area contributed by atoms with Crippen molar-refractivity contribution >= 4 is 50.6 Å². The molecule has 0 unspecified atom stereocenters. The van der Waals surface area contributed by atoms with Crippen LogP contribution in [0.4, 0.5) is 5.82 Å². The molecule has 8 heteroatoms. The number of halogens is 3. The van der Waals surface area contributed by atoms with Crippen LogP contribution >= 0.6 is 39.1 Å². The molecule has 0 atom stereocenters. The van der Waals surface area contributed by atoms with Crippen molar-refractivity contribution in [2.75, 3.05) is 25.5 Å². The highest BCUT2D eigenvalue weighted by Gasteiger charge is 2.13. The molecule has 0 fully saturated rings. The van der Waals surface area contributed by atoms with Crippen LogP contribution in [0.2, 0.25) is 10.0 Å². The summed E-state index contributed by atoms with van der Waals surface area (Å²) in [5.74, 6) is 0.881. The highest BCUT2D eigenvalue weighted by molar-refractivity contribution is 9.10. The average Bonchev–Trinajstić information content (AvgIpc) is 3.14. The van der Waals surface area contributed by atoms with E-state index in [0.29, 0.717) is 5.02 Å².